The van der Waals surface area contributed by atoms with Crippen molar-refractivity contribution in [3.63, 3.8) is 0 Å². The maximum absolute atomic E-state index is 13.8. The van der Waals surface area contributed by atoms with E-state index in [1.807, 2.05) is 4.90 Å². The molecule has 24 heavy (non-hydrogen) atoms. The maximum atomic E-state index is 13.8. The molecule has 1 amide bonds. The average Bonchev–Trinajstić information content (AvgIpc) is 2.58. The molecule has 1 fully saturated rings. The van der Waals surface area contributed by atoms with Crippen LogP contribution in [0.25, 0.3) is 0 Å². The maximum Gasteiger partial charge on any atom is 0.227 e. The van der Waals surface area contributed by atoms with Crippen LogP contribution >= 0.6 is 0 Å². The van der Waals surface area contributed by atoms with Crippen molar-refractivity contribution in [1.29, 1.82) is 0 Å². The number of nitrogens with one attached hydrogen (secondary N) is 1. The highest BCUT2D eigenvalue weighted by Gasteiger charge is 2.19. The lowest BCUT2D eigenvalue weighted by Gasteiger charge is -2.32. The van der Waals surface area contributed by atoms with Crippen LogP contribution in [-0.4, -0.2) is 47.5 Å². The number of para-hydroxylation sites is 1. The molecule has 1 N–H and O–H groups in total. The van der Waals surface area contributed by atoms with Crippen molar-refractivity contribution < 1.29 is 13.6 Å². The minimum absolute atomic E-state index is 0.243. The molecule has 3 rings (SSSR count). The third kappa shape index (κ3) is 3.42. The largest absolute Gasteiger partial charge is 0.342 e. The molecule has 2 aromatic rings. The molecule has 0 bridgehead atoms. The number of aryl methyl sites for hydroxylation is 1. The molecule has 0 aliphatic carbocycles. The van der Waals surface area contributed by atoms with E-state index in [4.69, 9.17) is 0 Å². The lowest BCUT2D eigenvalue weighted by atomic mass is 10.3. The van der Waals surface area contributed by atoms with Gasteiger partial charge in [0.05, 0.1) is 0 Å². The van der Waals surface area contributed by atoms with Crippen LogP contribution in [0.5, 0.6) is 0 Å². The van der Waals surface area contributed by atoms with E-state index in [1.54, 1.807) is 17.9 Å². The van der Waals surface area contributed by atoms with Gasteiger partial charge in [0.25, 0.3) is 0 Å². The standard InChI is InChI=1S/C16H17F2N5O/c1-11-9-14(20-15-12(17)3-2-4-13(15)18)21-16(19-11)23-7-5-22(10-24)6-8-23/h2-4,9-10H,5-8H2,1H3,(H,19,20,21). The molecule has 1 aromatic heterocycles. The van der Waals surface area contributed by atoms with Crippen LogP contribution in [0.2, 0.25) is 0 Å². The van der Waals surface area contributed by atoms with Crippen molar-refractivity contribution in [2.24, 2.45) is 0 Å². The molecule has 126 valence electrons. The van der Waals surface area contributed by atoms with Crippen molar-refractivity contribution in [3.8, 4) is 0 Å². The second kappa shape index (κ2) is 6.77. The number of carbonyl (C=O) groups is 1. The summed E-state index contributed by atoms with van der Waals surface area (Å²) in [6.45, 7) is 4.18. The summed E-state index contributed by atoms with van der Waals surface area (Å²) in [7, 11) is 0. The van der Waals surface area contributed by atoms with Crippen molar-refractivity contribution in [3.05, 3.63) is 41.6 Å². The third-order valence-corrected chi connectivity index (χ3v) is 3.80. The van der Waals surface area contributed by atoms with Gasteiger partial charge in [0, 0.05) is 37.9 Å². The molecule has 0 spiro atoms. The quantitative estimate of drug-likeness (QED) is 0.868. The highest BCUT2D eigenvalue weighted by Crippen LogP contribution is 2.24. The zero-order chi connectivity index (χ0) is 17.1. The summed E-state index contributed by atoms with van der Waals surface area (Å²) in [4.78, 5) is 23.1. The van der Waals surface area contributed by atoms with Gasteiger partial charge in [-0.05, 0) is 19.1 Å². The number of hydrogen-bond donors (Lipinski definition) is 1. The van der Waals surface area contributed by atoms with Gasteiger partial charge in [0.1, 0.15) is 23.1 Å². The normalized spacial score (nSPS) is 14.6. The number of anilines is 3. The van der Waals surface area contributed by atoms with Gasteiger partial charge in [-0.1, -0.05) is 6.07 Å². The second-order valence-electron chi connectivity index (χ2n) is 5.54. The zero-order valence-corrected chi connectivity index (χ0v) is 13.2. The van der Waals surface area contributed by atoms with Crippen molar-refractivity contribution in [1.82, 2.24) is 14.9 Å². The fourth-order valence-corrected chi connectivity index (χ4v) is 2.53. The minimum Gasteiger partial charge on any atom is -0.342 e. The molecule has 8 heteroatoms. The first kappa shape index (κ1) is 16.1. The number of rotatable bonds is 4. The van der Waals surface area contributed by atoms with Crippen molar-refractivity contribution in [2.45, 2.75) is 6.92 Å². The van der Waals surface area contributed by atoms with E-state index in [9.17, 15) is 13.6 Å². The predicted octanol–water partition coefficient (Wildman–Crippen LogP) is 2.09. The summed E-state index contributed by atoms with van der Waals surface area (Å²) in [5.41, 5.74) is 0.435. The fourth-order valence-electron chi connectivity index (χ4n) is 2.53. The van der Waals surface area contributed by atoms with Crippen LogP contribution in [-0.2, 0) is 4.79 Å². The van der Waals surface area contributed by atoms with E-state index in [1.165, 1.54) is 18.2 Å². The van der Waals surface area contributed by atoms with E-state index >= 15 is 0 Å². The highest BCUT2D eigenvalue weighted by atomic mass is 19.1. The Kier molecular flexibility index (Phi) is 4.54. The van der Waals surface area contributed by atoms with Crippen LogP contribution < -0.4 is 10.2 Å². The van der Waals surface area contributed by atoms with Crippen LogP contribution in [0.15, 0.2) is 24.3 Å². The molecule has 0 unspecified atom stereocenters. The van der Waals surface area contributed by atoms with Crippen molar-refractivity contribution >= 4 is 23.9 Å². The molecular weight excluding hydrogens is 316 g/mol. The number of nitrogens with zero attached hydrogens (tertiary/aromatic N) is 4. The van der Waals surface area contributed by atoms with Crippen LogP contribution in [0.3, 0.4) is 0 Å². The lowest BCUT2D eigenvalue weighted by Crippen LogP contribution is -2.46. The van der Waals surface area contributed by atoms with Gasteiger partial charge in [-0.3, -0.25) is 4.79 Å². The molecular formula is C16H17F2N5O. The number of piperazine rings is 1. The first-order valence-corrected chi connectivity index (χ1v) is 7.58. The molecule has 1 aliphatic rings. The molecule has 1 saturated heterocycles. The summed E-state index contributed by atoms with van der Waals surface area (Å²) in [6.07, 6.45) is 0.822. The fraction of sp³-hybridized carbons (Fsp3) is 0.312. The topological polar surface area (TPSA) is 61.4 Å². The van der Waals surface area contributed by atoms with Gasteiger partial charge >= 0.3 is 0 Å². The number of amides is 1. The van der Waals surface area contributed by atoms with E-state index in [2.05, 4.69) is 15.3 Å². The van der Waals surface area contributed by atoms with E-state index < -0.39 is 11.6 Å². The summed E-state index contributed by atoms with van der Waals surface area (Å²) in [6, 6.07) is 5.29. The Balaban J connectivity index is 1.83. The number of aromatic nitrogens is 2. The van der Waals surface area contributed by atoms with Crippen LogP contribution in [0, 0.1) is 18.6 Å². The summed E-state index contributed by atoms with van der Waals surface area (Å²) >= 11 is 0. The van der Waals surface area contributed by atoms with Gasteiger partial charge in [-0.15, -0.1) is 0 Å². The van der Waals surface area contributed by atoms with Gasteiger partial charge in [-0.2, -0.15) is 4.98 Å². The molecule has 6 nitrogen and oxygen atoms in total. The number of carbonyl (C=O) groups excluding carboxylic acids is 1. The highest BCUT2D eigenvalue weighted by molar-refractivity contribution is 5.59. The lowest BCUT2D eigenvalue weighted by molar-refractivity contribution is -0.118. The predicted molar refractivity (Wildman–Crippen MR) is 86.3 cm³/mol. The molecule has 1 aliphatic heterocycles. The third-order valence-electron chi connectivity index (χ3n) is 3.80. The Bertz CT molecular complexity index is 727. The Hall–Kier alpha value is -2.77. The molecule has 0 radical (unpaired) electrons. The molecule has 1 aromatic carbocycles. The molecule has 2 heterocycles. The zero-order valence-electron chi connectivity index (χ0n) is 13.2. The van der Waals surface area contributed by atoms with E-state index in [0.29, 0.717) is 43.6 Å². The summed E-state index contributed by atoms with van der Waals surface area (Å²) < 4.78 is 27.6. The first-order chi connectivity index (χ1) is 11.6. The van der Waals surface area contributed by atoms with E-state index in [-0.39, 0.29) is 5.69 Å². The van der Waals surface area contributed by atoms with Crippen molar-refractivity contribution in [2.75, 3.05) is 36.4 Å². The molecule has 0 saturated carbocycles. The second-order valence-corrected chi connectivity index (χ2v) is 5.54. The summed E-state index contributed by atoms with van der Waals surface area (Å²) in [5, 5.41) is 2.69. The first-order valence-electron chi connectivity index (χ1n) is 7.58. The summed E-state index contributed by atoms with van der Waals surface area (Å²) in [5.74, 6) is -0.584. The van der Waals surface area contributed by atoms with Crippen LogP contribution in [0.1, 0.15) is 5.69 Å². The Morgan fingerprint density at radius 1 is 1.12 bits per heavy atom. The van der Waals surface area contributed by atoms with Gasteiger partial charge in [0.15, 0.2) is 0 Å². The minimum atomic E-state index is -0.688. The Morgan fingerprint density at radius 2 is 1.79 bits per heavy atom. The Labute approximate surface area is 138 Å². The van der Waals surface area contributed by atoms with E-state index in [0.717, 1.165) is 6.41 Å². The monoisotopic (exact) mass is 333 g/mol. The smallest absolute Gasteiger partial charge is 0.227 e. The van der Waals surface area contributed by atoms with Gasteiger partial charge in [-0.25, -0.2) is 13.8 Å². The number of hydrogen-bond acceptors (Lipinski definition) is 5. The molecule has 0 atom stereocenters. The average molecular weight is 333 g/mol. The SMILES string of the molecule is Cc1cc(Nc2c(F)cccc2F)nc(N2CCN(C=O)CC2)n1. The van der Waals surface area contributed by atoms with Gasteiger partial charge in [0.2, 0.25) is 12.4 Å². The van der Waals surface area contributed by atoms with Gasteiger partial charge < -0.3 is 15.1 Å². The number of benzene rings is 1. The number of halogens is 2. The Morgan fingerprint density at radius 3 is 2.42 bits per heavy atom. The van der Waals surface area contributed by atoms with Crippen LogP contribution in [0.4, 0.5) is 26.2 Å².